The Labute approximate surface area is 256 Å². The predicted octanol–water partition coefficient (Wildman–Crippen LogP) is 0.319. The number of benzene rings is 2. The van der Waals surface area contributed by atoms with Crippen LogP contribution in [0.15, 0.2) is 67.4 Å². The zero-order valence-corrected chi connectivity index (χ0v) is 23.7. The number of nitrogen functional groups attached to an aromatic ring is 2. The Kier molecular flexibility index (Phi) is 6.61. The van der Waals surface area contributed by atoms with E-state index >= 15 is 0 Å². The summed E-state index contributed by atoms with van der Waals surface area (Å²) < 4.78 is 5.74. The number of nitrogens with zero attached hydrogens (tertiary/aromatic N) is 5. The Morgan fingerprint density at radius 1 is 1.02 bits per heavy atom. The largest absolute Gasteiger partial charge is 0.439 e. The molecular weight excluding hydrogens is 598 g/mol. The number of aryl methyl sites for hydroxylation is 1. The van der Waals surface area contributed by atoms with Crippen LogP contribution >= 0.6 is 0 Å². The second-order valence-electron chi connectivity index (χ2n) is 10.6. The molecule has 0 aliphatic heterocycles. The summed E-state index contributed by atoms with van der Waals surface area (Å²) >= 11 is 0. The topological polar surface area (TPSA) is 258 Å². The third-order valence-electron chi connectivity index (χ3n) is 7.63. The molecule has 0 saturated heterocycles. The van der Waals surface area contributed by atoms with Crippen LogP contribution in [0.1, 0.15) is 50.1 Å². The van der Waals surface area contributed by atoms with Crippen LogP contribution in [-0.4, -0.2) is 41.5 Å². The molecule has 230 valence electrons. The molecule has 46 heavy (non-hydrogen) atoms. The normalized spacial score (nSPS) is 14.0. The van der Waals surface area contributed by atoms with E-state index in [0.29, 0.717) is 35.5 Å². The van der Waals surface area contributed by atoms with Gasteiger partial charge in [-0.05, 0) is 47.7 Å². The summed E-state index contributed by atoms with van der Waals surface area (Å²) in [6, 6.07) is 13.3. The average Bonchev–Trinajstić information content (AvgIpc) is 3.78. The van der Waals surface area contributed by atoms with E-state index in [4.69, 9.17) is 11.5 Å². The van der Waals surface area contributed by atoms with Gasteiger partial charge in [0.25, 0.3) is 28.4 Å². The van der Waals surface area contributed by atoms with Crippen LogP contribution < -0.4 is 44.0 Å². The van der Waals surface area contributed by atoms with Gasteiger partial charge in [-0.2, -0.15) is 9.50 Å². The molecular formula is C29H23N11O6. The number of nitrogens with two attached hydrogens (primary N) is 2. The summed E-state index contributed by atoms with van der Waals surface area (Å²) in [5.41, 5.74) is 13.5. The minimum Gasteiger partial charge on any atom is -0.394 e. The van der Waals surface area contributed by atoms with E-state index in [0.717, 1.165) is 15.6 Å². The lowest BCUT2D eigenvalue weighted by Gasteiger charge is -2.15. The van der Waals surface area contributed by atoms with Gasteiger partial charge in [-0.25, -0.2) is 9.78 Å². The first-order chi connectivity index (χ1) is 22.1. The van der Waals surface area contributed by atoms with Crippen LogP contribution in [-0.2, 0) is 13.0 Å². The summed E-state index contributed by atoms with van der Waals surface area (Å²) in [4.78, 5) is 72.1. The minimum absolute atomic E-state index is 0.0231. The number of H-pyrrole nitrogens is 1. The monoisotopic (exact) mass is 621 g/mol. The zero-order chi connectivity index (χ0) is 32.1. The van der Waals surface area contributed by atoms with Crippen LogP contribution in [0.3, 0.4) is 0 Å². The minimum atomic E-state index is -0.734. The molecule has 7 rings (SSSR count). The summed E-state index contributed by atoms with van der Waals surface area (Å²) in [6.07, 6.45) is 1.29. The average molecular weight is 622 g/mol. The van der Waals surface area contributed by atoms with E-state index in [-0.39, 0.29) is 47.1 Å². The summed E-state index contributed by atoms with van der Waals surface area (Å²) in [5.74, 6) is -1.63. The van der Waals surface area contributed by atoms with E-state index in [1.54, 1.807) is 30.3 Å². The maximum Gasteiger partial charge on any atom is 0.439 e. The summed E-state index contributed by atoms with van der Waals surface area (Å²) in [7, 11) is 0. The highest BCUT2D eigenvalue weighted by Gasteiger charge is 2.27. The van der Waals surface area contributed by atoms with E-state index < -0.39 is 28.4 Å². The molecule has 1 aliphatic rings. The van der Waals surface area contributed by atoms with Gasteiger partial charge >= 0.3 is 5.76 Å². The van der Waals surface area contributed by atoms with Crippen LogP contribution in [0.5, 0.6) is 0 Å². The van der Waals surface area contributed by atoms with Crippen LogP contribution in [0.4, 0.5) is 23.0 Å². The first-order valence-electron chi connectivity index (χ1n) is 13.9. The molecule has 0 saturated carbocycles. The molecule has 0 unspecified atom stereocenters. The van der Waals surface area contributed by atoms with Crippen molar-refractivity contribution < 1.29 is 14.1 Å². The number of carbonyl (C=O) groups excluding carboxylic acids is 2. The maximum absolute atomic E-state index is 13.4. The fourth-order valence-corrected chi connectivity index (χ4v) is 5.37. The SMILES string of the molecule is Nc1nc2nc(C(=O)N[C@H]3CCc4cc(-c5noc(=O)[nH]5)ccc43)cc(C(=O)NCc3cccc(Nc4c(N)c(=O)c4=O)c3)n2n1. The molecule has 6 aromatic rings. The van der Waals surface area contributed by atoms with E-state index in [1.807, 2.05) is 12.1 Å². The van der Waals surface area contributed by atoms with Crippen LogP contribution in [0, 0.1) is 0 Å². The number of rotatable bonds is 8. The molecule has 3 aromatic heterocycles. The number of fused-ring (bicyclic) bond motifs is 2. The van der Waals surface area contributed by atoms with E-state index in [1.165, 1.54) is 6.07 Å². The Morgan fingerprint density at radius 2 is 1.87 bits per heavy atom. The fraction of sp³-hybridized carbons (Fsp3) is 0.138. The van der Waals surface area contributed by atoms with Crippen LogP contribution in [0.25, 0.3) is 17.2 Å². The second-order valence-corrected chi connectivity index (χ2v) is 10.6. The number of aromatic amines is 1. The van der Waals surface area contributed by atoms with Crippen molar-refractivity contribution in [1.82, 2.24) is 40.4 Å². The van der Waals surface area contributed by atoms with Crippen molar-refractivity contribution >= 4 is 40.6 Å². The van der Waals surface area contributed by atoms with Crippen molar-refractivity contribution in [3.63, 3.8) is 0 Å². The lowest BCUT2D eigenvalue weighted by atomic mass is 10.0. The fourth-order valence-electron chi connectivity index (χ4n) is 5.37. The molecule has 0 radical (unpaired) electrons. The lowest BCUT2D eigenvalue weighted by molar-refractivity contribution is 0.0931. The lowest BCUT2D eigenvalue weighted by Crippen LogP contribution is -2.36. The van der Waals surface area contributed by atoms with Gasteiger partial charge in [0.15, 0.2) is 5.82 Å². The van der Waals surface area contributed by atoms with E-state index in [2.05, 4.69) is 45.7 Å². The highest BCUT2D eigenvalue weighted by molar-refractivity contribution is 5.98. The standard InChI is InChI=1S/C29H23N11O6/c30-20-21(23(42)22(20)41)33-15-3-1-2-12(8-15)11-32-26(44)19-10-18(35-28-37-27(31)38-40(19)28)25(43)34-17-7-5-13-9-14(4-6-16(13)17)24-36-29(45)46-39-24/h1-4,6,8-10,17,33H,5,7,11,30H2,(H2,31,38)(H,32,44)(H,34,43)(H,36,39,45)/t17-/m0/s1. The van der Waals surface area contributed by atoms with Gasteiger partial charge in [0.2, 0.25) is 5.95 Å². The Bertz CT molecular complexity index is 2330. The van der Waals surface area contributed by atoms with Crippen molar-refractivity contribution in [1.29, 1.82) is 0 Å². The van der Waals surface area contributed by atoms with Gasteiger partial charge in [-0.3, -0.25) is 28.7 Å². The predicted molar refractivity (Wildman–Crippen MR) is 163 cm³/mol. The molecule has 3 aromatic carbocycles. The molecule has 17 heteroatoms. The van der Waals surface area contributed by atoms with Gasteiger partial charge in [0.1, 0.15) is 22.8 Å². The maximum atomic E-state index is 13.4. The highest BCUT2D eigenvalue weighted by atomic mass is 16.5. The Morgan fingerprint density at radius 3 is 2.65 bits per heavy atom. The number of amides is 2. The zero-order valence-electron chi connectivity index (χ0n) is 23.7. The second kappa shape index (κ2) is 10.8. The van der Waals surface area contributed by atoms with Crippen molar-refractivity contribution in [3.05, 3.63) is 108 Å². The number of anilines is 4. The first kappa shape index (κ1) is 28.1. The van der Waals surface area contributed by atoms with Crippen molar-refractivity contribution in [2.45, 2.75) is 25.4 Å². The van der Waals surface area contributed by atoms with Gasteiger partial charge < -0.3 is 27.4 Å². The quantitative estimate of drug-likeness (QED) is 0.125. The van der Waals surface area contributed by atoms with Gasteiger partial charge in [0, 0.05) is 23.9 Å². The van der Waals surface area contributed by atoms with Gasteiger partial charge in [-0.15, -0.1) is 5.10 Å². The van der Waals surface area contributed by atoms with Crippen molar-refractivity contribution in [2.24, 2.45) is 0 Å². The van der Waals surface area contributed by atoms with E-state index in [9.17, 15) is 24.0 Å². The Balaban J connectivity index is 1.08. The van der Waals surface area contributed by atoms with Gasteiger partial charge in [0.05, 0.1) is 6.04 Å². The van der Waals surface area contributed by atoms with Crippen molar-refractivity contribution in [3.8, 4) is 11.4 Å². The number of carbonyl (C=O) groups is 2. The molecule has 17 nitrogen and oxygen atoms in total. The summed E-state index contributed by atoms with van der Waals surface area (Å²) in [5, 5.41) is 16.3. The molecule has 0 bridgehead atoms. The number of aromatic nitrogens is 6. The molecule has 2 amide bonds. The molecule has 1 aliphatic carbocycles. The molecule has 8 N–H and O–H groups in total. The molecule has 1 atom stereocenters. The number of hydrogen-bond acceptors (Lipinski definition) is 13. The number of nitrogens with one attached hydrogen (secondary N) is 4. The van der Waals surface area contributed by atoms with Crippen molar-refractivity contribution in [2.75, 3.05) is 16.8 Å². The van der Waals surface area contributed by atoms with Gasteiger partial charge in [-0.1, -0.05) is 29.4 Å². The molecule has 0 spiro atoms. The Hall–Kier alpha value is -6.65. The summed E-state index contributed by atoms with van der Waals surface area (Å²) in [6.45, 7) is 0.0638. The third-order valence-corrected chi connectivity index (χ3v) is 7.63. The highest BCUT2D eigenvalue weighted by Crippen LogP contribution is 2.33. The smallest absolute Gasteiger partial charge is 0.394 e. The van der Waals surface area contributed by atoms with Crippen LogP contribution in [0.2, 0.25) is 0 Å². The molecule has 3 heterocycles. The third kappa shape index (κ3) is 5.00. The number of hydrogen-bond donors (Lipinski definition) is 6. The molecule has 0 fully saturated rings. The first-order valence-corrected chi connectivity index (χ1v) is 13.9.